The third-order valence-electron chi connectivity index (χ3n) is 2.70. The second-order valence-electron chi connectivity index (χ2n) is 3.73. The van der Waals surface area contributed by atoms with Crippen LogP contribution in [-0.4, -0.2) is 14.4 Å². The molecule has 0 spiro atoms. The summed E-state index contributed by atoms with van der Waals surface area (Å²) >= 11 is 0. The molecule has 0 amide bonds. The number of aromatic nitrogens is 3. The minimum absolute atomic E-state index is 0.511. The molecule has 0 radical (unpaired) electrons. The van der Waals surface area contributed by atoms with E-state index in [1.807, 2.05) is 16.7 Å². The van der Waals surface area contributed by atoms with E-state index in [4.69, 9.17) is 5.73 Å². The van der Waals surface area contributed by atoms with Gasteiger partial charge in [0.25, 0.3) is 0 Å². The molecule has 0 aliphatic rings. The molecule has 4 nitrogen and oxygen atoms in total. The molecule has 0 bridgehead atoms. The summed E-state index contributed by atoms with van der Waals surface area (Å²) in [5, 5.41) is 0. The van der Waals surface area contributed by atoms with Crippen molar-refractivity contribution >= 4 is 16.8 Å². The van der Waals surface area contributed by atoms with E-state index in [0.717, 1.165) is 22.5 Å². The van der Waals surface area contributed by atoms with Crippen molar-refractivity contribution in [3.05, 3.63) is 35.7 Å². The molecular weight excluding hydrogens is 188 g/mol. The number of H-pyrrole nitrogens is 1. The summed E-state index contributed by atoms with van der Waals surface area (Å²) in [7, 11) is 0. The number of rotatable bonds is 1. The number of benzene rings is 1. The van der Waals surface area contributed by atoms with E-state index in [9.17, 15) is 0 Å². The van der Waals surface area contributed by atoms with E-state index in [-0.39, 0.29) is 0 Å². The first-order valence-electron chi connectivity index (χ1n) is 4.95. The maximum atomic E-state index is 5.57. The Morgan fingerprint density at radius 2 is 2.33 bits per heavy atom. The Bertz CT molecular complexity index is 632. The van der Waals surface area contributed by atoms with E-state index >= 15 is 0 Å². The van der Waals surface area contributed by atoms with Crippen molar-refractivity contribution < 1.29 is 0 Å². The smallest absolute Gasteiger partial charge is 0.212 e. The van der Waals surface area contributed by atoms with E-state index in [1.54, 1.807) is 0 Å². The average molecular weight is 200 g/mol. The molecule has 3 rings (SSSR count). The second kappa shape index (κ2) is 2.84. The molecule has 0 atom stereocenters. The third-order valence-corrected chi connectivity index (χ3v) is 2.70. The number of hydrogen-bond donors (Lipinski definition) is 2. The maximum Gasteiger partial charge on any atom is 0.212 e. The van der Waals surface area contributed by atoms with Crippen LogP contribution in [0.1, 0.15) is 11.3 Å². The molecule has 0 unspecified atom stereocenters. The standard InChI is InChI=1S/C11H12N4/c1-7-3-2-4-9-10(7)14-11-13-8(5-12)6-15(9)11/h2-4,6H,5,12H2,1H3,(H,13,14). The van der Waals surface area contributed by atoms with Crippen LogP contribution in [0.2, 0.25) is 0 Å². The van der Waals surface area contributed by atoms with Gasteiger partial charge in [-0.2, -0.15) is 0 Å². The molecule has 3 N–H and O–H groups in total. The van der Waals surface area contributed by atoms with E-state index in [1.165, 1.54) is 5.56 Å². The average Bonchev–Trinajstić information content (AvgIpc) is 2.76. The summed E-state index contributed by atoms with van der Waals surface area (Å²) in [5.74, 6) is 0.861. The zero-order valence-electron chi connectivity index (χ0n) is 8.49. The molecule has 3 aromatic rings. The van der Waals surface area contributed by atoms with Gasteiger partial charge in [-0.15, -0.1) is 0 Å². The first kappa shape index (κ1) is 8.49. The highest BCUT2D eigenvalue weighted by Gasteiger charge is 2.08. The van der Waals surface area contributed by atoms with Gasteiger partial charge in [0.2, 0.25) is 5.78 Å². The van der Waals surface area contributed by atoms with Crippen LogP contribution in [0.4, 0.5) is 0 Å². The Hall–Kier alpha value is -1.81. The number of fused-ring (bicyclic) bond motifs is 3. The lowest BCUT2D eigenvalue weighted by molar-refractivity contribution is 1.01. The molecule has 0 aliphatic carbocycles. The molecule has 4 heteroatoms. The summed E-state index contributed by atoms with van der Waals surface area (Å²) in [5.41, 5.74) is 9.94. The lowest BCUT2D eigenvalue weighted by Crippen LogP contribution is -1.95. The SMILES string of the molecule is Cc1cccc2c1nc1[nH]c(CN)cn12. The van der Waals surface area contributed by atoms with Crippen LogP contribution in [0.3, 0.4) is 0 Å². The van der Waals surface area contributed by atoms with E-state index < -0.39 is 0 Å². The van der Waals surface area contributed by atoms with Gasteiger partial charge in [0.05, 0.1) is 11.0 Å². The molecule has 0 fully saturated rings. The maximum absolute atomic E-state index is 5.57. The number of hydrogen-bond acceptors (Lipinski definition) is 2. The molecule has 15 heavy (non-hydrogen) atoms. The first-order valence-corrected chi connectivity index (χ1v) is 4.95. The Balaban J connectivity index is 2.46. The fourth-order valence-corrected chi connectivity index (χ4v) is 1.91. The monoisotopic (exact) mass is 200 g/mol. The number of imidazole rings is 2. The Kier molecular flexibility index (Phi) is 1.61. The van der Waals surface area contributed by atoms with Crippen LogP contribution in [0.5, 0.6) is 0 Å². The van der Waals surface area contributed by atoms with Crippen molar-refractivity contribution in [1.82, 2.24) is 14.4 Å². The van der Waals surface area contributed by atoms with Gasteiger partial charge in [0.15, 0.2) is 0 Å². The van der Waals surface area contributed by atoms with Crippen molar-refractivity contribution in [3.8, 4) is 0 Å². The van der Waals surface area contributed by atoms with Crippen LogP contribution < -0.4 is 5.73 Å². The highest BCUT2D eigenvalue weighted by Crippen LogP contribution is 2.19. The van der Waals surface area contributed by atoms with Crippen LogP contribution in [0.25, 0.3) is 16.8 Å². The van der Waals surface area contributed by atoms with E-state index in [0.29, 0.717) is 6.54 Å². The highest BCUT2D eigenvalue weighted by atomic mass is 15.1. The summed E-state index contributed by atoms with van der Waals surface area (Å²) < 4.78 is 2.05. The van der Waals surface area contributed by atoms with Crippen molar-refractivity contribution in [2.45, 2.75) is 13.5 Å². The van der Waals surface area contributed by atoms with Crippen LogP contribution in [0, 0.1) is 6.92 Å². The zero-order chi connectivity index (χ0) is 10.4. The summed E-state index contributed by atoms with van der Waals surface area (Å²) in [6, 6.07) is 6.18. The second-order valence-corrected chi connectivity index (χ2v) is 3.73. The number of nitrogens with zero attached hydrogens (tertiary/aromatic N) is 2. The summed E-state index contributed by atoms with van der Waals surface area (Å²) in [6.45, 7) is 2.58. The van der Waals surface area contributed by atoms with Gasteiger partial charge in [-0.3, -0.25) is 4.40 Å². The molecular formula is C11H12N4. The van der Waals surface area contributed by atoms with Gasteiger partial charge in [-0.1, -0.05) is 12.1 Å². The molecule has 0 aliphatic heterocycles. The molecule has 2 aromatic heterocycles. The number of para-hydroxylation sites is 1. The Labute approximate surface area is 86.7 Å². The van der Waals surface area contributed by atoms with Crippen LogP contribution >= 0.6 is 0 Å². The lowest BCUT2D eigenvalue weighted by atomic mass is 10.2. The predicted molar refractivity (Wildman–Crippen MR) is 59.7 cm³/mol. The number of nitrogens with two attached hydrogens (primary N) is 1. The number of nitrogens with one attached hydrogen (secondary N) is 1. The molecule has 0 saturated heterocycles. The topological polar surface area (TPSA) is 59.1 Å². The van der Waals surface area contributed by atoms with Gasteiger partial charge in [0.1, 0.15) is 0 Å². The molecule has 76 valence electrons. The molecule has 0 saturated carbocycles. The summed E-state index contributed by atoms with van der Waals surface area (Å²) in [4.78, 5) is 7.72. The minimum atomic E-state index is 0.511. The quantitative estimate of drug-likeness (QED) is 0.626. The van der Waals surface area contributed by atoms with Crippen LogP contribution in [0.15, 0.2) is 24.4 Å². The lowest BCUT2D eigenvalue weighted by Gasteiger charge is -1.93. The molecule has 2 heterocycles. The van der Waals surface area contributed by atoms with Gasteiger partial charge >= 0.3 is 0 Å². The zero-order valence-corrected chi connectivity index (χ0v) is 8.49. The minimum Gasteiger partial charge on any atom is -0.326 e. The van der Waals surface area contributed by atoms with Crippen LogP contribution in [-0.2, 0) is 6.54 Å². The largest absolute Gasteiger partial charge is 0.326 e. The molecule has 1 aromatic carbocycles. The fourth-order valence-electron chi connectivity index (χ4n) is 1.91. The number of aryl methyl sites for hydroxylation is 1. The fraction of sp³-hybridized carbons (Fsp3) is 0.182. The van der Waals surface area contributed by atoms with Crippen molar-refractivity contribution in [1.29, 1.82) is 0 Å². The Morgan fingerprint density at radius 3 is 3.13 bits per heavy atom. The van der Waals surface area contributed by atoms with Crippen molar-refractivity contribution in [2.75, 3.05) is 0 Å². The predicted octanol–water partition coefficient (Wildman–Crippen LogP) is 1.58. The van der Waals surface area contributed by atoms with Gasteiger partial charge in [-0.25, -0.2) is 4.98 Å². The third kappa shape index (κ3) is 1.08. The normalized spacial score (nSPS) is 11.6. The van der Waals surface area contributed by atoms with Gasteiger partial charge in [0, 0.05) is 18.4 Å². The highest BCUT2D eigenvalue weighted by molar-refractivity contribution is 5.82. The summed E-state index contributed by atoms with van der Waals surface area (Å²) in [6.07, 6.45) is 2.00. The van der Waals surface area contributed by atoms with Crippen molar-refractivity contribution in [3.63, 3.8) is 0 Å². The Morgan fingerprint density at radius 1 is 1.47 bits per heavy atom. The van der Waals surface area contributed by atoms with Gasteiger partial charge in [-0.05, 0) is 18.6 Å². The van der Waals surface area contributed by atoms with Gasteiger partial charge < -0.3 is 10.7 Å². The number of aromatic amines is 1. The first-order chi connectivity index (χ1) is 7.29. The van der Waals surface area contributed by atoms with E-state index in [2.05, 4.69) is 29.0 Å². The van der Waals surface area contributed by atoms with Crippen molar-refractivity contribution in [2.24, 2.45) is 5.73 Å².